The molecule has 2 heterocycles. The molecular formula is C12H19N3O2S. The summed E-state index contributed by atoms with van der Waals surface area (Å²) < 4.78 is 26.7. The van der Waals surface area contributed by atoms with Crippen molar-refractivity contribution < 1.29 is 8.42 Å². The molecule has 5 nitrogen and oxygen atoms in total. The molecule has 6 heteroatoms. The van der Waals surface area contributed by atoms with Gasteiger partial charge in [0.25, 0.3) is 0 Å². The Balaban J connectivity index is 2.40. The molecule has 0 aromatic carbocycles. The van der Waals surface area contributed by atoms with Crippen LogP contribution in [0.2, 0.25) is 0 Å². The maximum Gasteiger partial charge on any atom is 0.243 e. The van der Waals surface area contributed by atoms with E-state index in [0.717, 1.165) is 12.8 Å². The minimum absolute atomic E-state index is 0.0883. The second-order valence-corrected chi connectivity index (χ2v) is 7.19. The van der Waals surface area contributed by atoms with Gasteiger partial charge in [0.15, 0.2) is 0 Å². The van der Waals surface area contributed by atoms with Gasteiger partial charge in [-0.25, -0.2) is 8.42 Å². The Morgan fingerprint density at radius 2 is 2.00 bits per heavy atom. The highest BCUT2D eigenvalue weighted by Gasteiger charge is 2.41. The Morgan fingerprint density at radius 3 is 2.61 bits per heavy atom. The van der Waals surface area contributed by atoms with Gasteiger partial charge >= 0.3 is 0 Å². The van der Waals surface area contributed by atoms with Gasteiger partial charge in [0, 0.05) is 30.5 Å². The lowest BCUT2D eigenvalue weighted by Gasteiger charge is -2.43. The Morgan fingerprint density at radius 1 is 1.39 bits per heavy atom. The predicted octanol–water partition coefficient (Wildman–Crippen LogP) is 0.972. The fourth-order valence-corrected chi connectivity index (χ4v) is 4.13. The molecule has 1 atom stereocenters. The lowest BCUT2D eigenvalue weighted by atomic mass is 9.91. The van der Waals surface area contributed by atoms with E-state index in [1.807, 2.05) is 13.8 Å². The summed E-state index contributed by atoms with van der Waals surface area (Å²) >= 11 is 0. The van der Waals surface area contributed by atoms with Gasteiger partial charge in [-0.05, 0) is 38.8 Å². The number of aromatic nitrogens is 1. The van der Waals surface area contributed by atoms with E-state index in [1.54, 1.807) is 0 Å². The third-order valence-corrected chi connectivity index (χ3v) is 5.53. The molecule has 1 aromatic heterocycles. The van der Waals surface area contributed by atoms with E-state index in [-0.39, 0.29) is 10.9 Å². The molecule has 1 unspecified atom stereocenters. The number of nitrogens with zero attached hydrogens (tertiary/aromatic N) is 2. The maximum absolute atomic E-state index is 12.6. The standard InChI is InChI=1S/C12H19N3O2S/c1-12(2)6-3-10(13)9-15(12)18(16,17)11-4-7-14-8-5-11/h4-5,7-8,10H,3,6,9,13H2,1-2H3. The Bertz CT molecular complexity index is 513. The van der Waals surface area contributed by atoms with Crippen molar-refractivity contribution in [2.24, 2.45) is 5.73 Å². The van der Waals surface area contributed by atoms with Crippen LogP contribution in [0, 0.1) is 0 Å². The minimum Gasteiger partial charge on any atom is -0.327 e. The van der Waals surface area contributed by atoms with Gasteiger partial charge in [-0.2, -0.15) is 4.31 Å². The maximum atomic E-state index is 12.6. The van der Waals surface area contributed by atoms with Crippen molar-refractivity contribution in [3.05, 3.63) is 24.5 Å². The first kappa shape index (κ1) is 13.5. The lowest BCUT2D eigenvalue weighted by molar-refractivity contribution is 0.155. The monoisotopic (exact) mass is 269 g/mol. The Hall–Kier alpha value is -0.980. The van der Waals surface area contributed by atoms with E-state index >= 15 is 0 Å². The van der Waals surface area contributed by atoms with Crippen molar-refractivity contribution in [3.8, 4) is 0 Å². The van der Waals surface area contributed by atoms with Crippen LogP contribution in [-0.2, 0) is 10.0 Å². The highest BCUT2D eigenvalue weighted by Crippen LogP contribution is 2.32. The van der Waals surface area contributed by atoms with Crippen molar-refractivity contribution in [3.63, 3.8) is 0 Å². The number of nitrogens with two attached hydrogens (primary N) is 1. The van der Waals surface area contributed by atoms with Gasteiger partial charge in [-0.1, -0.05) is 0 Å². The first-order valence-electron chi connectivity index (χ1n) is 6.02. The highest BCUT2D eigenvalue weighted by atomic mass is 32.2. The van der Waals surface area contributed by atoms with Gasteiger partial charge in [-0.15, -0.1) is 0 Å². The van der Waals surface area contributed by atoms with Crippen molar-refractivity contribution in [1.29, 1.82) is 0 Å². The SMILES string of the molecule is CC1(C)CCC(N)CN1S(=O)(=O)c1ccncc1. The number of rotatable bonds is 2. The Kier molecular flexibility index (Phi) is 3.44. The van der Waals surface area contributed by atoms with Crippen LogP contribution < -0.4 is 5.73 Å². The van der Waals surface area contributed by atoms with Gasteiger partial charge < -0.3 is 5.73 Å². The molecular weight excluding hydrogens is 250 g/mol. The number of sulfonamides is 1. The highest BCUT2D eigenvalue weighted by molar-refractivity contribution is 7.89. The molecule has 1 aliphatic rings. The molecule has 2 rings (SSSR count). The number of hydrogen-bond acceptors (Lipinski definition) is 4. The summed E-state index contributed by atoms with van der Waals surface area (Å²) in [6.45, 7) is 4.26. The van der Waals surface area contributed by atoms with Crippen LogP contribution in [0.15, 0.2) is 29.4 Å². The topological polar surface area (TPSA) is 76.3 Å². The first-order chi connectivity index (χ1) is 8.34. The molecule has 0 saturated carbocycles. The quantitative estimate of drug-likeness (QED) is 0.868. The fourth-order valence-electron chi connectivity index (χ4n) is 2.28. The van der Waals surface area contributed by atoms with E-state index in [1.165, 1.54) is 28.8 Å². The molecule has 2 N–H and O–H groups in total. The number of hydrogen-bond donors (Lipinski definition) is 1. The van der Waals surface area contributed by atoms with Crippen LogP contribution in [0.1, 0.15) is 26.7 Å². The molecule has 100 valence electrons. The van der Waals surface area contributed by atoms with Crippen molar-refractivity contribution in [1.82, 2.24) is 9.29 Å². The molecule has 1 aliphatic heterocycles. The zero-order valence-corrected chi connectivity index (χ0v) is 11.5. The van der Waals surface area contributed by atoms with Gasteiger partial charge in [0.05, 0.1) is 4.90 Å². The summed E-state index contributed by atoms with van der Waals surface area (Å²) in [5.41, 5.74) is 5.51. The van der Waals surface area contributed by atoms with E-state index in [4.69, 9.17) is 5.73 Å². The summed E-state index contributed by atoms with van der Waals surface area (Å²) in [6.07, 6.45) is 4.61. The average Bonchev–Trinajstić information content (AvgIpc) is 2.33. The second-order valence-electron chi connectivity index (χ2n) is 5.33. The molecule has 1 saturated heterocycles. The summed E-state index contributed by atoms with van der Waals surface area (Å²) in [5, 5.41) is 0. The van der Waals surface area contributed by atoms with Crippen LogP contribution in [0.25, 0.3) is 0 Å². The minimum atomic E-state index is -3.49. The van der Waals surface area contributed by atoms with E-state index in [9.17, 15) is 8.42 Å². The molecule has 0 aliphatic carbocycles. The molecule has 1 aromatic rings. The summed E-state index contributed by atoms with van der Waals surface area (Å²) in [7, 11) is -3.49. The first-order valence-corrected chi connectivity index (χ1v) is 7.46. The average molecular weight is 269 g/mol. The zero-order valence-electron chi connectivity index (χ0n) is 10.7. The van der Waals surface area contributed by atoms with Crippen molar-refractivity contribution in [2.45, 2.75) is 43.2 Å². The van der Waals surface area contributed by atoms with E-state index < -0.39 is 15.6 Å². The smallest absolute Gasteiger partial charge is 0.243 e. The zero-order chi connectivity index (χ0) is 13.4. The van der Waals surface area contributed by atoms with Gasteiger partial charge in [0.2, 0.25) is 10.0 Å². The van der Waals surface area contributed by atoms with Crippen molar-refractivity contribution in [2.75, 3.05) is 6.54 Å². The molecule has 0 bridgehead atoms. The summed E-state index contributed by atoms with van der Waals surface area (Å²) in [5.74, 6) is 0. The molecule has 18 heavy (non-hydrogen) atoms. The van der Waals surface area contributed by atoms with E-state index in [2.05, 4.69) is 4.98 Å². The van der Waals surface area contributed by atoms with Gasteiger partial charge in [-0.3, -0.25) is 4.98 Å². The normalized spacial score (nSPS) is 24.9. The van der Waals surface area contributed by atoms with Crippen LogP contribution in [0.4, 0.5) is 0 Å². The summed E-state index contributed by atoms with van der Waals surface area (Å²) in [6, 6.07) is 2.95. The molecule has 0 spiro atoms. The molecule has 0 radical (unpaired) electrons. The van der Waals surface area contributed by atoms with Gasteiger partial charge in [0.1, 0.15) is 0 Å². The third-order valence-electron chi connectivity index (χ3n) is 3.44. The van der Waals surface area contributed by atoms with Crippen LogP contribution in [-0.4, -0.2) is 35.8 Å². The molecule has 0 amide bonds. The van der Waals surface area contributed by atoms with Crippen LogP contribution >= 0.6 is 0 Å². The largest absolute Gasteiger partial charge is 0.327 e. The van der Waals surface area contributed by atoms with Crippen LogP contribution in [0.5, 0.6) is 0 Å². The fraction of sp³-hybridized carbons (Fsp3) is 0.583. The predicted molar refractivity (Wildman–Crippen MR) is 69.4 cm³/mol. The number of pyridine rings is 1. The summed E-state index contributed by atoms with van der Waals surface area (Å²) in [4.78, 5) is 4.13. The molecule has 1 fully saturated rings. The Labute approximate surface area is 108 Å². The second kappa shape index (κ2) is 4.60. The lowest BCUT2D eigenvalue weighted by Crippen LogP contribution is -2.56. The van der Waals surface area contributed by atoms with Crippen LogP contribution in [0.3, 0.4) is 0 Å². The van der Waals surface area contributed by atoms with Crippen molar-refractivity contribution >= 4 is 10.0 Å². The third kappa shape index (κ3) is 2.41. The van der Waals surface area contributed by atoms with E-state index in [0.29, 0.717) is 6.54 Å². The number of piperidine rings is 1.